The fourth-order valence-corrected chi connectivity index (χ4v) is 2.62. The Hall–Kier alpha value is -1.22. The van der Waals surface area contributed by atoms with Crippen molar-refractivity contribution in [3.8, 4) is 11.5 Å². The molecule has 0 bridgehead atoms. The van der Waals surface area contributed by atoms with Gasteiger partial charge in [0, 0.05) is 12.0 Å². The highest BCUT2D eigenvalue weighted by Crippen LogP contribution is 2.49. The third-order valence-corrected chi connectivity index (χ3v) is 3.73. The van der Waals surface area contributed by atoms with E-state index in [1.165, 1.54) is 6.42 Å². The zero-order valence-corrected chi connectivity index (χ0v) is 9.40. The Labute approximate surface area is 95.0 Å². The number of ether oxygens (including phenoxy) is 2. The van der Waals surface area contributed by atoms with Gasteiger partial charge in [0.25, 0.3) is 0 Å². The number of hydrogen-bond donors (Lipinski definition) is 1. The summed E-state index contributed by atoms with van der Waals surface area (Å²) in [7, 11) is 1.63. The first-order valence-corrected chi connectivity index (χ1v) is 5.77. The highest BCUT2D eigenvalue weighted by molar-refractivity contribution is 5.44. The van der Waals surface area contributed by atoms with Crippen molar-refractivity contribution in [2.45, 2.75) is 37.4 Å². The lowest BCUT2D eigenvalue weighted by atomic mass is 9.73. The standard InChI is InChI=1S/C13H16O3/c1-15-9-3-4-12-10(7-9)11(14)8-13(16-12)5-2-6-13/h3-4,7,11,14H,2,5-6,8H2,1H3/t11-/m1/s1. The number of hydrogen-bond acceptors (Lipinski definition) is 3. The quantitative estimate of drug-likeness (QED) is 0.790. The van der Waals surface area contributed by atoms with Crippen LogP contribution < -0.4 is 9.47 Å². The zero-order valence-electron chi connectivity index (χ0n) is 9.40. The summed E-state index contributed by atoms with van der Waals surface area (Å²) >= 11 is 0. The van der Waals surface area contributed by atoms with Crippen LogP contribution in [0.3, 0.4) is 0 Å². The van der Waals surface area contributed by atoms with Crippen LogP contribution >= 0.6 is 0 Å². The largest absolute Gasteiger partial charge is 0.497 e. The van der Waals surface area contributed by atoms with Crippen molar-refractivity contribution in [1.82, 2.24) is 0 Å². The Morgan fingerprint density at radius 2 is 2.25 bits per heavy atom. The van der Waals surface area contributed by atoms with E-state index in [1.807, 2.05) is 18.2 Å². The molecule has 0 saturated heterocycles. The lowest BCUT2D eigenvalue weighted by Crippen LogP contribution is -2.46. The van der Waals surface area contributed by atoms with E-state index in [-0.39, 0.29) is 5.60 Å². The van der Waals surface area contributed by atoms with Gasteiger partial charge in [-0.1, -0.05) is 0 Å². The topological polar surface area (TPSA) is 38.7 Å². The molecule has 3 nitrogen and oxygen atoms in total. The Bertz CT molecular complexity index is 410. The number of fused-ring (bicyclic) bond motifs is 1. The van der Waals surface area contributed by atoms with Crippen LogP contribution in [0, 0.1) is 0 Å². The Morgan fingerprint density at radius 1 is 1.44 bits per heavy atom. The van der Waals surface area contributed by atoms with Gasteiger partial charge in [-0.15, -0.1) is 0 Å². The first-order chi connectivity index (χ1) is 7.72. The monoisotopic (exact) mass is 220 g/mol. The minimum atomic E-state index is -0.417. The van der Waals surface area contributed by atoms with Gasteiger partial charge in [0.2, 0.25) is 0 Å². The molecule has 0 unspecified atom stereocenters. The van der Waals surface area contributed by atoms with Crippen LogP contribution in [0.1, 0.15) is 37.4 Å². The van der Waals surface area contributed by atoms with Gasteiger partial charge >= 0.3 is 0 Å². The molecule has 1 aromatic rings. The van der Waals surface area contributed by atoms with Gasteiger partial charge in [-0.25, -0.2) is 0 Å². The fourth-order valence-electron chi connectivity index (χ4n) is 2.62. The van der Waals surface area contributed by atoms with Gasteiger partial charge in [-0.3, -0.25) is 0 Å². The molecule has 0 aromatic heterocycles. The average molecular weight is 220 g/mol. The van der Waals surface area contributed by atoms with Crippen molar-refractivity contribution in [3.63, 3.8) is 0 Å². The second-order valence-electron chi connectivity index (χ2n) is 4.76. The molecule has 0 amide bonds. The molecule has 1 saturated carbocycles. The molecule has 1 fully saturated rings. The SMILES string of the molecule is COc1ccc2c(c1)[C@H](O)CC1(CCC1)O2. The molecule has 2 aliphatic rings. The molecule has 86 valence electrons. The summed E-state index contributed by atoms with van der Waals surface area (Å²) in [5, 5.41) is 10.1. The van der Waals surface area contributed by atoms with Crippen LogP contribution in [-0.2, 0) is 0 Å². The molecule has 1 atom stereocenters. The maximum atomic E-state index is 10.1. The normalized spacial score (nSPS) is 25.5. The van der Waals surface area contributed by atoms with E-state index in [4.69, 9.17) is 9.47 Å². The summed E-state index contributed by atoms with van der Waals surface area (Å²) in [6.45, 7) is 0. The van der Waals surface area contributed by atoms with Gasteiger partial charge in [0.1, 0.15) is 17.1 Å². The summed E-state index contributed by atoms with van der Waals surface area (Å²) in [5.41, 5.74) is 0.776. The minimum Gasteiger partial charge on any atom is -0.497 e. The van der Waals surface area contributed by atoms with Gasteiger partial charge in [0.05, 0.1) is 13.2 Å². The van der Waals surface area contributed by atoms with Crippen LogP contribution in [0.25, 0.3) is 0 Å². The van der Waals surface area contributed by atoms with E-state index in [1.54, 1.807) is 7.11 Å². The minimum absolute atomic E-state index is 0.0823. The number of benzene rings is 1. The van der Waals surface area contributed by atoms with Crippen molar-refractivity contribution in [2.24, 2.45) is 0 Å². The Kier molecular flexibility index (Phi) is 2.11. The summed E-state index contributed by atoms with van der Waals surface area (Å²) < 4.78 is 11.2. The summed E-state index contributed by atoms with van der Waals surface area (Å²) in [5.74, 6) is 1.59. The molecular formula is C13H16O3. The molecule has 1 aromatic carbocycles. The molecule has 3 rings (SSSR count). The van der Waals surface area contributed by atoms with Gasteiger partial charge in [0.15, 0.2) is 0 Å². The van der Waals surface area contributed by atoms with E-state index in [9.17, 15) is 5.11 Å². The molecule has 3 heteroatoms. The highest BCUT2D eigenvalue weighted by atomic mass is 16.5. The molecule has 1 aliphatic carbocycles. The third kappa shape index (κ3) is 1.39. The summed E-state index contributed by atoms with van der Waals surface area (Å²) in [4.78, 5) is 0. The first-order valence-electron chi connectivity index (χ1n) is 5.77. The predicted octanol–water partition coefficient (Wildman–Crippen LogP) is 2.43. The zero-order chi connectivity index (χ0) is 11.2. The second kappa shape index (κ2) is 3.39. The summed E-state index contributed by atoms with van der Waals surface area (Å²) in [6.07, 6.45) is 3.63. The molecule has 1 spiro atoms. The molecule has 1 heterocycles. The smallest absolute Gasteiger partial charge is 0.126 e. The lowest BCUT2D eigenvalue weighted by molar-refractivity contribution is -0.0664. The highest BCUT2D eigenvalue weighted by Gasteiger charge is 2.45. The van der Waals surface area contributed by atoms with E-state index in [0.717, 1.165) is 29.9 Å². The maximum absolute atomic E-state index is 10.1. The molecule has 1 N–H and O–H groups in total. The summed E-state index contributed by atoms with van der Waals surface area (Å²) in [6, 6.07) is 5.64. The maximum Gasteiger partial charge on any atom is 0.126 e. The molecular weight excluding hydrogens is 204 g/mol. The molecule has 16 heavy (non-hydrogen) atoms. The van der Waals surface area contributed by atoms with Crippen LogP contribution in [-0.4, -0.2) is 17.8 Å². The van der Waals surface area contributed by atoms with E-state index < -0.39 is 6.10 Å². The molecule has 1 aliphatic heterocycles. The number of aliphatic hydroxyl groups excluding tert-OH is 1. The van der Waals surface area contributed by atoms with Gasteiger partial charge < -0.3 is 14.6 Å². The van der Waals surface area contributed by atoms with Gasteiger partial charge in [-0.05, 0) is 37.5 Å². The lowest BCUT2D eigenvalue weighted by Gasteiger charge is -2.46. The average Bonchev–Trinajstić information content (AvgIpc) is 2.26. The van der Waals surface area contributed by atoms with Crippen LogP contribution in [0.15, 0.2) is 18.2 Å². The van der Waals surface area contributed by atoms with E-state index in [2.05, 4.69) is 0 Å². The fraction of sp³-hybridized carbons (Fsp3) is 0.538. The van der Waals surface area contributed by atoms with Gasteiger partial charge in [-0.2, -0.15) is 0 Å². The predicted molar refractivity (Wildman–Crippen MR) is 59.8 cm³/mol. The van der Waals surface area contributed by atoms with Crippen LogP contribution in [0.4, 0.5) is 0 Å². The van der Waals surface area contributed by atoms with Crippen molar-refractivity contribution >= 4 is 0 Å². The number of methoxy groups -OCH3 is 1. The number of rotatable bonds is 1. The van der Waals surface area contributed by atoms with Crippen molar-refractivity contribution in [3.05, 3.63) is 23.8 Å². The van der Waals surface area contributed by atoms with Crippen LogP contribution in [0.5, 0.6) is 11.5 Å². The van der Waals surface area contributed by atoms with Crippen molar-refractivity contribution in [1.29, 1.82) is 0 Å². The Balaban J connectivity index is 1.97. The second-order valence-corrected chi connectivity index (χ2v) is 4.76. The van der Waals surface area contributed by atoms with E-state index in [0.29, 0.717) is 6.42 Å². The van der Waals surface area contributed by atoms with Crippen molar-refractivity contribution in [2.75, 3.05) is 7.11 Å². The van der Waals surface area contributed by atoms with Crippen LogP contribution in [0.2, 0.25) is 0 Å². The van der Waals surface area contributed by atoms with Crippen molar-refractivity contribution < 1.29 is 14.6 Å². The molecule has 0 radical (unpaired) electrons. The first kappa shape index (κ1) is 9.97. The van der Waals surface area contributed by atoms with E-state index >= 15 is 0 Å². The Morgan fingerprint density at radius 3 is 2.88 bits per heavy atom. The number of aliphatic hydroxyl groups is 1. The third-order valence-electron chi connectivity index (χ3n) is 3.73.